The van der Waals surface area contributed by atoms with Gasteiger partial charge in [0, 0.05) is 17.6 Å². The summed E-state index contributed by atoms with van der Waals surface area (Å²) in [6.45, 7) is 6.04. The second kappa shape index (κ2) is 9.92. The summed E-state index contributed by atoms with van der Waals surface area (Å²) >= 11 is 0. The van der Waals surface area contributed by atoms with Crippen LogP contribution in [0, 0.1) is 5.92 Å². The third-order valence-corrected chi connectivity index (χ3v) is 5.94. The molecule has 0 spiro atoms. The van der Waals surface area contributed by atoms with Gasteiger partial charge in [-0.25, -0.2) is 0 Å². The molecule has 3 N–H and O–H groups in total. The van der Waals surface area contributed by atoms with Crippen LogP contribution in [0.5, 0.6) is 0 Å². The summed E-state index contributed by atoms with van der Waals surface area (Å²) in [5.74, 6) is -0.727. The van der Waals surface area contributed by atoms with Gasteiger partial charge in [0.2, 0.25) is 17.7 Å². The molecule has 0 aliphatic carbocycles. The van der Waals surface area contributed by atoms with Crippen LogP contribution in [0.15, 0.2) is 42.5 Å². The van der Waals surface area contributed by atoms with E-state index in [0.717, 1.165) is 22.9 Å². The second-order valence-corrected chi connectivity index (χ2v) is 8.45. The zero-order valence-electron chi connectivity index (χ0n) is 18.6. The predicted octanol–water partition coefficient (Wildman–Crippen LogP) is 2.52. The molecule has 3 atom stereocenters. The molecule has 0 saturated carbocycles. The molecule has 0 aromatic heterocycles. The first-order valence-corrected chi connectivity index (χ1v) is 10.9. The topological polar surface area (TPSA) is 90.5 Å². The number of hydrogen-bond acceptors (Lipinski definition) is 4. The van der Waals surface area contributed by atoms with Gasteiger partial charge in [-0.1, -0.05) is 50.2 Å². The van der Waals surface area contributed by atoms with E-state index in [0.29, 0.717) is 13.0 Å². The molecule has 1 aliphatic rings. The van der Waals surface area contributed by atoms with E-state index in [4.69, 9.17) is 0 Å². The summed E-state index contributed by atoms with van der Waals surface area (Å²) in [5, 5.41) is 10.8. The van der Waals surface area contributed by atoms with Crippen molar-refractivity contribution in [1.29, 1.82) is 0 Å². The quantitative estimate of drug-likeness (QED) is 0.637. The van der Waals surface area contributed by atoms with Gasteiger partial charge < -0.3 is 20.9 Å². The van der Waals surface area contributed by atoms with E-state index in [-0.39, 0.29) is 23.6 Å². The molecule has 1 aliphatic heterocycles. The van der Waals surface area contributed by atoms with E-state index >= 15 is 0 Å². The molecule has 0 unspecified atom stereocenters. The van der Waals surface area contributed by atoms with Gasteiger partial charge in [-0.05, 0) is 44.2 Å². The van der Waals surface area contributed by atoms with Crippen molar-refractivity contribution in [2.45, 2.75) is 51.7 Å². The number of hydrogen-bond donors (Lipinski definition) is 3. The summed E-state index contributed by atoms with van der Waals surface area (Å²) in [5.41, 5.74) is 0.735. The number of likely N-dealkylation sites (tertiary alicyclic amines) is 1. The molecule has 3 rings (SSSR count). The van der Waals surface area contributed by atoms with Crippen LogP contribution in [0.25, 0.3) is 10.8 Å². The molecule has 166 valence electrons. The van der Waals surface area contributed by atoms with Crippen molar-refractivity contribution in [3.8, 4) is 0 Å². The highest BCUT2D eigenvalue weighted by atomic mass is 16.2. The van der Waals surface area contributed by atoms with Crippen LogP contribution in [0.1, 0.15) is 33.6 Å². The summed E-state index contributed by atoms with van der Waals surface area (Å²) in [4.78, 5) is 40.5. The Morgan fingerprint density at radius 2 is 1.74 bits per heavy atom. The van der Waals surface area contributed by atoms with E-state index in [9.17, 15) is 14.4 Å². The maximum absolute atomic E-state index is 13.3. The van der Waals surface area contributed by atoms with Crippen molar-refractivity contribution < 1.29 is 14.4 Å². The van der Waals surface area contributed by atoms with E-state index in [1.807, 2.05) is 56.3 Å². The van der Waals surface area contributed by atoms with Crippen molar-refractivity contribution in [3.63, 3.8) is 0 Å². The molecule has 31 heavy (non-hydrogen) atoms. The van der Waals surface area contributed by atoms with E-state index in [1.165, 1.54) is 0 Å². The van der Waals surface area contributed by atoms with Gasteiger partial charge in [-0.3, -0.25) is 14.4 Å². The monoisotopic (exact) mass is 424 g/mol. The fraction of sp³-hybridized carbons (Fsp3) is 0.458. The van der Waals surface area contributed by atoms with Crippen molar-refractivity contribution in [2.75, 3.05) is 18.9 Å². The summed E-state index contributed by atoms with van der Waals surface area (Å²) in [6.07, 6.45) is 1.36. The minimum atomic E-state index is -0.672. The largest absolute Gasteiger partial charge is 0.343 e. The van der Waals surface area contributed by atoms with Crippen LogP contribution in [-0.4, -0.2) is 54.3 Å². The first kappa shape index (κ1) is 22.7. The number of carbonyl (C=O) groups is 3. The number of amides is 3. The lowest BCUT2D eigenvalue weighted by atomic mass is 10.0. The first-order valence-electron chi connectivity index (χ1n) is 10.9. The lowest BCUT2D eigenvalue weighted by Crippen LogP contribution is -2.56. The standard InChI is InChI=1S/C24H32N4O3/c1-15(2)21(27-22(29)16(3)25-4)24(31)28-14-8-13-20(28)23(30)26-19-12-7-10-17-9-5-6-11-18(17)19/h5-7,9-12,15-16,20-21,25H,8,13-14H2,1-4H3,(H,26,30)(H,27,29)/t16-,20-,21-/m0/s1. The fourth-order valence-corrected chi connectivity index (χ4v) is 3.96. The normalized spacial score (nSPS) is 18.1. The molecule has 0 bridgehead atoms. The molecule has 2 aromatic rings. The highest BCUT2D eigenvalue weighted by Crippen LogP contribution is 2.26. The van der Waals surface area contributed by atoms with Gasteiger partial charge in [-0.15, -0.1) is 0 Å². The van der Waals surface area contributed by atoms with E-state index < -0.39 is 18.1 Å². The SMILES string of the molecule is CN[C@@H](C)C(=O)N[C@H](C(=O)N1CCC[C@H]1C(=O)Nc1cccc2ccccc12)C(C)C. The van der Waals surface area contributed by atoms with Crippen molar-refractivity contribution in [1.82, 2.24) is 15.5 Å². The fourth-order valence-electron chi connectivity index (χ4n) is 3.96. The summed E-state index contributed by atoms with van der Waals surface area (Å²) < 4.78 is 0. The number of rotatable bonds is 7. The number of nitrogens with zero attached hydrogens (tertiary/aromatic N) is 1. The Morgan fingerprint density at radius 3 is 2.45 bits per heavy atom. The third-order valence-electron chi connectivity index (χ3n) is 5.94. The van der Waals surface area contributed by atoms with Gasteiger partial charge in [0.25, 0.3) is 0 Å². The van der Waals surface area contributed by atoms with Crippen LogP contribution in [-0.2, 0) is 14.4 Å². The van der Waals surface area contributed by atoms with Crippen LogP contribution in [0.3, 0.4) is 0 Å². The minimum absolute atomic E-state index is 0.0946. The predicted molar refractivity (Wildman–Crippen MR) is 123 cm³/mol. The molecule has 1 fully saturated rings. The average Bonchev–Trinajstić information content (AvgIpc) is 3.26. The van der Waals surface area contributed by atoms with Crippen molar-refractivity contribution in [3.05, 3.63) is 42.5 Å². The van der Waals surface area contributed by atoms with E-state index in [2.05, 4.69) is 16.0 Å². The van der Waals surface area contributed by atoms with Crippen molar-refractivity contribution >= 4 is 34.2 Å². The van der Waals surface area contributed by atoms with Gasteiger partial charge in [0.15, 0.2) is 0 Å². The van der Waals surface area contributed by atoms with Gasteiger partial charge in [0.05, 0.1) is 6.04 Å². The number of anilines is 1. The van der Waals surface area contributed by atoms with Gasteiger partial charge in [-0.2, -0.15) is 0 Å². The van der Waals surface area contributed by atoms with Crippen LogP contribution >= 0.6 is 0 Å². The van der Waals surface area contributed by atoms with Crippen LogP contribution in [0.4, 0.5) is 5.69 Å². The highest BCUT2D eigenvalue weighted by Gasteiger charge is 2.39. The Bertz CT molecular complexity index is 953. The second-order valence-electron chi connectivity index (χ2n) is 8.45. The minimum Gasteiger partial charge on any atom is -0.343 e. The Kier molecular flexibility index (Phi) is 7.28. The van der Waals surface area contributed by atoms with Gasteiger partial charge in [0.1, 0.15) is 12.1 Å². The maximum atomic E-state index is 13.3. The first-order chi connectivity index (χ1) is 14.8. The Balaban J connectivity index is 1.76. The Morgan fingerprint density at radius 1 is 1.03 bits per heavy atom. The molecular formula is C24H32N4O3. The number of benzene rings is 2. The third kappa shape index (κ3) is 5.05. The van der Waals surface area contributed by atoms with E-state index in [1.54, 1.807) is 18.9 Å². The summed E-state index contributed by atoms with van der Waals surface area (Å²) in [7, 11) is 1.70. The molecule has 7 heteroatoms. The van der Waals surface area contributed by atoms with Crippen LogP contribution in [0.2, 0.25) is 0 Å². The number of likely N-dealkylation sites (N-methyl/N-ethyl adjacent to an activating group) is 1. The molecule has 2 aromatic carbocycles. The number of nitrogens with one attached hydrogen (secondary N) is 3. The molecule has 1 saturated heterocycles. The average molecular weight is 425 g/mol. The lowest BCUT2D eigenvalue weighted by Gasteiger charge is -2.31. The smallest absolute Gasteiger partial charge is 0.247 e. The molecule has 3 amide bonds. The zero-order chi connectivity index (χ0) is 22.5. The lowest BCUT2D eigenvalue weighted by molar-refractivity contribution is -0.141. The molecule has 0 radical (unpaired) electrons. The van der Waals surface area contributed by atoms with Gasteiger partial charge >= 0.3 is 0 Å². The van der Waals surface area contributed by atoms with Crippen molar-refractivity contribution in [2.24, 2.45) is 5.92 Å². The highest BCUT2D eigenvalue weighted by molar-refractivity contribution is 6.05. The zero-order valence-corrected chi connectivity index (χ0v) is 18.6. The Hall–Kier alpha value is -2.93. The number of carbonyl (C=O) groups excluding carboxylic acids is 3. The molecule has 7 nitrogen and oxygen atoms in total. The summed E-state index contributed by atoms with van der Waals surface area (Å²) in [6, 6.07) is 12.0. The molecule has 1 heterocycles. The number of fused-ring (bicyclic) bond motifs is 1. The molecular weight excluding hydrogens is 392 g/mol. The maximum Gasteiger partial charge on any atom is 0.247 e. The van der Waals surface area contributed by atoms with Crippen LogP contribution < -0.4 is 16.0 Å². The Labute approximate surface area is 183 Å².